The molecule has 0 aliphatic heterocycles. The van der Waals surface area contributed by atoms with Gasteiger partial charge >= 0.3 is 0 Å². The van der Waals surface area contributed by atoms with Crippen molar-refractivity contribution in [3.63, 3.8) is 0 Å². The van der Waals surface area contributed by atoms with E-state index in [0.717, 1.165) is 27.0 Å². The first kappa shape index (κ1) is 21.3. The van der Waals surface area contributed by atoms with Crippen molar-refractivity contribution in [2.24, 2.45) is 0 Å². The van der Waals surface area contributed by atoms with Crippen LogP contribution in [-0.4, -0.2) is 15.7 Å². The van der Waals surface area contributed by atoms with Crippen LogP contribution in [0.5, 0.6) is 0 Å². The number of halogens is 2. The van der Waals surface area contributed by atoms with Crippen molar-refractivity contribution >= 4 is 39.3 Å². The first-order chi connectivity index (χ1) is 15.0. The SMILES string of the molecule is CC[C@@H](C(=O)Nc1cc(-c2ccc(Cl)cc2)nn1-c1ccc(Br)cc1)c1ccccc1. The number of nitrogens with zero attached hydrogens (tertiary/aromatic N) is 2. The molecule has 0 fully saturated rings. The van der Waals surface area contributed by atoms with E-state index in [1.807, 2.05) is 91.9 Å². The molecule has 1 aromatic heterocycles. The molecule has 156 valence electrons. The van der Waals surface area contributed by atoms with Gasteiger partial charge in [-0.1, -0.05) is 76.9 Å². The van der Waals surface area contributed by atoms with Crippen LogP contribution in [0.15, 0.2) is 89.4 Å². The fraction of sp³-hybridized carbons (Fsp3) is 0.120. The van der Waals surface area contributed by atoms with E-state index >= 15 is 0 Å². The molecule has 0 saturated heterocycles. The number of aromatic nitrogens is 2. The smallest absolute Gasteiger partial charge is 0.233 e. The lowest BCUT2D eigenvalue weighted by Gasteiger charge is -2.16. The molecule has 0 radical (unpaired) electrons. The second kappa shape index (κ2) is 9.50. The third-order valence-electron chi connectivity index (χ3n) is 5.10. The van der Waals surface area contributed by atoms with Crippen LogP contribution in [0.3, 0.4) is 0 Å². The molecule has 1 amide bonds. The maximum absolute atomic E-state index is 13.2. The minimum absolute atomic E-state index is 0.0605. The average molecular weight is 495 g/mol. The van der Waals surface area contributed by atoms with E-state index < -0.39 is 0 Å². The molecule has 4 nitrogen and oxygen atoms in total. The molecule has 6 heteroatoms. The zero-order valence-corrected chi connectivity index (χ0v) is 19.3. The minimum Gasteiger partial charge on any atom is -0.310 e. The summed E-state index contributed by atoms with van der Waals surface area (Å²) in [7, 11) is 0. The van der Waals surface area contributed by atoms with Gasteiger partial charge in [0.05, 0.1) is 17.3 Å². The molecule has 3 aromatic carbocycles. The van der Waals surface area contributed by atoms with Gasteiger partial charge in [-0.25, -0.2) is 4.68 Å². The lowest BCUT2D eigenvalue weighted by atomic mass is 9.96. The minimum atomic E-state index is -0.242. The van der Waals surface area contributed by atoms with Gasteiger partial charge < -0.3 is 5.32 Å². The zero-order chi connectivity index (χ0) is 21.8. The summed E-state index contributed by atoms with van der Waals surface area (Å²) in [4.78, 5) is 13.2. The van der Waals surface area contributed by atoms with Crippen LogP contribution in [0.4, 0.5) is 5.82 Å². The second-order valence-corrected chi connectivity index (χ2v) is 8.52. The van der Waals surface area contributed by atoms with Gasteiger partial charge in [-0.05, 0) is 48.4 Å². The van der Waals surface area contributed by atoms with E-state index in [1.54, 1.807) is 4.68 Å². The van der Waals surface area contributed by atoms with Crippen LogP contribution >= 0.6 is 27.5 Å². The van der Waals surface area contributed by atoms with Crippen LogP contribution in [0.25, 0.3) is 16.9 Å². The number of rotatable bonds is 6. The van der Waals surface area contributed by atoms with Crippen molar-refractivity contribution < 1.29 is 4.79 Å². The van der Waals surface area contributed by atoms with Gasteiger partial charge in [-0.2, -0.15) is 5.10 Å². The third-order valence-corrected chi connectivity index (χ3v) is 5.88. The monoisotopic (exact) mass is 493 g/mol. The molecule has 31 heavy (non-hydrogen) atoms. The Bertz CT molecular complexity index is 1170. The number of hydrogen-bond acceptors (Lipinski definition) is 2. The van der Waals surface area contributed by atoms with E-state index in [9.17, 15) is 4.79 Å². The van der Waals surface area contributed by atoms with Crippen molar-refractivity contribution in [3.8, 4) is 16.9 Å². The molecule has 0 bridgehead atoms. The summed E-state index contributed by atoms with van der Waals surface area (Å²) in [5.74, 6) is 0.315. The Balaban J connectivity index is 1.71. The number of amides is 1. The molecule has 1 heterocycles. The number of hydrogen-bond donors (Lipinski definition) is 1. The summed E-state index contributed by atoms with van der Waals surface area (Å²) < 4.78 is 2.73. The predicted octanol–water partition coefficient (Wildman–Crippen LogP) is 7.09. The quantitative estimate of drug-likeness (QED) is 0.311. The van der Waals surface area contributed by atoms with Crippen molar-refractivity contribution in [3.05, 3.63) is 100.0 Å². The first-order valence-electron chi connectivity index (χ1n) is 10.0. The molecular weight excluding hydrogens is 474 g/mol. The number of anilines is 1. The lowest BCUT2D eigenvalue weighted by Crippen LogP contribution is -2.22. The Morgan fingerprint density at radius 2 is 1.71 bits per heavy atom. The van der Waals surface area contributed by atoms with Gasteiger partial charge in [0.2, 0.25) is 5.91 Å². The highest BCUT2D eigenvalue weighted by molar-refractivity contribution is 9.10. The van der Waals surface area contributed by atoms with Gasteiger partial charge in [0.25, 0.3) is 0 Å². The standard InChI is InChI=1S/C25H21BrClN3O/c1-2-22(17-6-4-3-5-7-17)25(31)28-24-16-23(18-8-12-20(27)13-9-18)29-30(24)21-14-10-19(26)11-15-21/h3-16,22H,2H2,1H3,(H,28,31)/t22-/m1/s1. The van der Waals surface area contributed by atoms with Crippen molar-refractivity contribution in [2.45, 2.75) is 19.3 Å². The van der Waals surface area contributed by atoms with E-state index in [2.05, 4.69) is 21.2 Å². The maximum Gasteiger partial charge on any atom is 0.233 e. The summed E-state index contributed by atoms with van der Waals surface area (Å²) in [6, 6.07) is 27.0. The number of carbonyl (C=O) groups excluding carboxylic acids is 1. The molecule has 0 aliphatic rings. The molecule has 0 spiro atoms. The highest BCUT2D eigenvalue weighted by atomic mass is 79.9. The Morgan fingerprint density at radius 3 is 2.35 bits per heavy atom. The average Bonchev–Trinajstić information content (AvgIpc) is 3.19. The fourth-order valence-corrected chi connectivity index (χ4v) is 3.87. The van der Waals surface area contributed by atoms with E-state index in [1.165, 1.54) is 0 Å². The summed E-state index contributed by atoms with van der Waals surface area (Å²) in [6.45, 7) is 2.02. The molecule has 0 saturated carbocycles. The normalized spacial score (nSPS) is 11.8. The van der Waals surface area contributed by atoms with Gasteiger partial charge in [0, 0.05) is 21.1 Å². The molecule has 0 unspecified atom stereocenters. The van der Waals surface area contributed by atoms with E-state index in [4.69, 9.17) is 16.7 Å². The number of carbonyl (C=O) groups is 1. The van der Waals surface area contributed by atoms with Crippen LogP contribution in [0, 0.1) is 0 Å². The summed E-state index contributed by atoms with van der Waals surface area (Å²) in [6.07, 6.45) is 0.701. The highest BCUT2D eigenvalue weighted by Gasteiger charge is 2.21. The first-order valence-corrected chi connectivity index (χ1v) is 11.2. The number of nitrogens with one attached hydrogen (secondary N) is 1. The van der Waals surface area contributed by atoms with Gasteiger partial charge in [0.1, 0.15) is 5.82 Å². The van der Waals surface area contributed by atoms with Crippen molar-refractivity contribution in [1.29, 1.82) is 0 Å². The largest absolute Gasteiger partial charge is 0.310 e. The van der Waals surface area contributed by atoms with Gasteiger partial charge in [0.15, 0.2) is 0 Å². The Kier molecular flexibility index (Phi) is 6.54. The molecule has 4 aromatic rings. The topological polar surface area (TPSA) is 46.9 Å². The fourth-order valence-electron chi connectivity index (χ4n) is 3.48. The molecule has 0 aliphatic carbocycles. The molecule has 4 rings (SSSR count). The van der Waals surface area contributed by atoms with E-state index in [-0.39, 0.29) is 11.8 Å². The van der Waals surface area contributed by atoms with Crippen LogP contribution < -0.4 is 5.32 Å². The van der Waals surface area contributed by atoms with E-state index in [0.29, 0.717) is 17.3 Å². The number of benzene rings is 3. The summed E-state index contributed by atoms with van der Waals surface area (Å²) in [5, 5.41) is 8.53. The summed E-state index contributed by atoms with van der Waals surface area (Å²) >= 11 is 9.50. The molecule has 1 N–H and O–H groups in total. The Labute approximate surface area is 195 Å². The molecule has 1 atom stereocenters. The van der Waals surface area contributed by atoms with Crippen molar-refractivity contribution in [1.82, 2.24) is 9.78 Å². The predicted molar refractivity (Wildman–Crippen MR) is 130 cm³/mol. The van der Waals surface area contributed by atoms with Crippen LogP contribution in [0.1, 0.15) is 24.8 Å². The van der Waals surface area contributed by atoms with Gasteiger partial charge in [-0.15, -0.1) is 0 Å². The third kappa shape index (κ3) is 4.89. The van der Waals surface area contributed by atoms with Crippen LogP contribution in [0.2, 0.25) is 5.02 Å². The maximum atomic E-state index is 13.2. The van der Waals surface area contributed by atoms with Gasteiger partial charge in [-0.3, -0.25) is 4.79 Å². The van der Waals surface area contributed by atoms with Crippen LogP contribution in [-0.2, 0) is 4.79 Å². The lowest BCUT2D eigenvalue weighted by molar-refractivity contribution is -0.117. The Morgan fingerprint density at radius 1 is 1.03 bits per heavy atom. The highest BCUT2D eigenvalue weighted by Crippen LogP contribution is 2.28. The second-order valence-electron chi connectivity index (χ2n) is 7.17. The zero-order valence-electron chi connectivity index (χ0n) is 16.9. The summed E-state index contributed by atoms with van der Waals surface area (Å²) in [5.41, 5.74) is 3.52. The Hall–Kier alpha value is -2.89. The molecular formula is C25H21BrClN3O. The van der Waals surface area contributed by atoms with Crippen molar-refractivity contribution in [2.75, 3.05) is 5.32 Å².